The van der Waals surface area contributed by atoms with Crippen molar-refractivity contribution < 1.29 is 32.3 Å². The van der Waals surface area contributed by atoms with Crippen molar-refractivity contribution in [2.75, 3.05) is 39.4 Å². The smallest absolute Gasteiger partial charge is 0.379 e. The average molecular weight is 503 g/mol. The molecule has 0 radical (unpaired) electrons. The first kappa shape index (κ1) is 24.7. The molecule has 1 N–H and O–H groups in total. The highest BCUT2D eigenvalue weighted by Crippen LogP contribution is 2.38. The molecule has 1 aromatic carbocycles. The molecule has 186 valence electrons. The maximum absolute atomic E-state index is 13.1. The summed E-state index contributed by atoms with van der Waals surface area (Å²) in [5.74, 6) is -0.694. The van der Waals surface area contributed by atoms with E-state index in [4.69, 9.17) is 16.3 Å². The van der Waals surface area contributed by atoms with Gasteiger partial charge in [-0.05, 0) is 36.6 Å². The standard InChI is InChI=1S/C22H26ClF3N4O4/c1-21(19(32)30(20(33)27-21)5-4-28-6-8-34-9-7-28)3-2-18(31)29-12-14-10-16(22(24,25)26)17(23)11-15(14)13-29/h10-11H,2-9,12-13H2,1H3,(H,27,33)/t21-/m1/s1. The van der Waals surface area contributed by atoms with Crippen LogP contribution in [0.3, 0.4) is 0 Å². The van der Waals surface area contributed by atoms with Gasteiger partial charge < -0.3 is 15.0 Å². The van der Waals surface area contributed by atoms with Gasteiger partial charge in [0.25, 0.3) is 5.91 Å². The summed E-state index contributed by atoms with van der Waals surface area (Å²) in [4.78, 5) is 42.9. The summed E-state index contributed by atoms with van der Waals surface area (Å²) < 4.78 is 44.7. The number of hydrogen-bond acceptors (Lipinski definition) is 5. The zero-order valence-corrected chi connectivity index (χ0v) is 19.5. The predicted molar refractivity (Wildman–Crippen MR) is 116 cm³/mol. The number of nitrogens with zero attached hydrogens (tertiary/aromatic N) is 3. The highest BCUT2D eigenvalue weighted by Gasteiger charge is 2.47. The van der Waals surface area contributed by atoms with Gasteiger partial charge in [0, 0.05) is 45.7 Å². The van der Waals surface area contributed by atoms with Crippen LogP contribution in [0.5, 0.6) is 0 Å². The Morgan fingerprint density at radius 1 is 1.15 bits per heavy atom. The molecule has 3 heterocycles. The van der Waals surface area contributed by atoms with E-state index in [-0.39, 0.29) is 44.3 Å². The Labute approximate surface area is 199 Å². The van der Waals surface area contributed by atoms with Gasteiger partial charge in [-0.3, -0.25) is 19.4 Å². The third-order valence-electron chi connectivity index (χ3n) is 6.60. The van der Waals surface area contributed by atoms with Crippen LogP contribution >= 0.6 is 11.6 Å². The van der Waals surface area contributed by atoms with Gasteiger partial charge in [-0.15, -0.1) is 0 Å². The van der Waals surface area contributed by atoms with Crippen molar-refractivity contribution >= 4 is 29.4 Å². The summed E-state index contributed by atoms with van der Waals surface area (Å²) in [5.41, 5.74) is -1.17. The number of carbonyl (C=O) groups is 3. The molecule has 12 heteroatoms. The number of ether oxygens (including phenoxy) is 1. The third-order valence-corrected chi connectivity index (χ3v) is 6.91. The molecule has 4 rings (SSSR count). The van der Waals surface area contributed by atoms with Crippen molar-refractivity contribution in [2.24, 2.45) is 0 Å². The number of urea groups is 1. The normalized spacial score (nSPS) is 23.4. The van der Waals surface area contributed by atoms with E-state index in [1.807, 2.05) is 0 Å². The van der Waals surface area contributed by atoms with E-state index < -0.39 is 28.3 Å². The number of hydrogen-bond donors (Lipinski definition) is 1. The molecule has 0 saturated carbocycles. The molecular weight excluding hydrogens is 477 g/mol. The summed E-state index contributed by atoms with van der Waals surface area (Å²) in [6, 6.07) is 1.75. The summed E-state index contributed by atoms with van der Waals surface area (Å²) in [5, 5.41) is 2.29. The minimum atomic E-state index is -4.58. The number of halogens is 4. The molecule has 8 nitrogen and oxygen atoms in total. The van der Waals surface area contributed by atoms with Crippen molar-refractivity contribution in [1.82, 2.24) is 20.0 Å². The number of alkyl halides is 3. The largest absolute Gasteiger partial charge is 0.417 e. The number of rotatable bonds is 6. The fourth-order valence-corrected chi connectivity index (χ4v) is 4.81. The molecule has 34 heavy (non-hydrogen) atoms. The summed E-state index contributed by atoms with van der Waals surface area (Å²) in [6.07, 6.45) is -4.52. The van der Waals surface area contributed by atoms with Gasteiger partial charge >= 0.3 is 12.2 Å². The number of carbonyl (C=O) groups excluding carboxylic acids is 3. The zero-order chi connectivity index (χ0) is 24.7. The van der Waals surface area contributed by atoms with Crippen LogP contribution in [0.4, 0.5) is 18.0 Å². The van der Waals surface area contributed by atoms with Crippen molar-refractivity contribution in [3.63, 3.8) is 0 Å². The van der Waals surface area contributed by atoms with Crippen LogP contribution < -0.4 is 5.32 Å². The second-order valence-corrected chi connectivity index (χ2v) is 9.43. The van der Waals surface area contributed by atoms with E-state index in [9.17, 15) is 27.6 Å². The fraction of sp³-hybridized carbons (Fsp3) is 0.591. The van der Waals surface area contributed by atoms with Crippen molar-refractivity contribution in [3.05, 3.63) is 33.8 Å². The molecule has 1 atom stereocenters. The summed E-state index contributed by atoms with van der Waals surface area (Å²) in [6.45, 7) is 5.28. The molecular formula is C22H26ClF3N4O4. The topological polar surface area (TPSA) is 82.2 Å². The Balaban J connectivity index is 1.33. The molecule has 3 aliphatic rings. The molecule has 3 aliphatic heterocycles. The molecule has 1 aromatic rings. The molecule has 4 amide bonds. The maximum atomic E-state index is 13.1. The first-order valence-electron chi connectivity index (χ1n) is 11.1. The van der Waals surface area contributed by atoms with E-state index in [1.165, 1.54) is 15.9 Å². The van der Waals surface area contributed by atoms with Gasteiger partial charge in [0.2, 0.25) is 5.91 Å². The summed E-state index contributed by atoms with van der Waals surface area (Å²) >= 11 is 5.79. The highest BCUT2D eigenvalue weighted by atomic mass is 35.5. The van der Waals surface area contributed by atoms with E-state index in [1.54, 1.807) is 6.92 Å². The van der Waals surface area contributed by atoms with E-state index in [2.05, 4.69) is 10.2 Å². The van der Waals surface area contributed by atoms with E-state index >= 15 is 0 Å². The van der Waals surface area contributed by atoms with Gasteiger partial charge in [-0.1, -0.05) is 11.6 Å². The minimum Gasteiger partial charge on any atom is -0.379 e. The van der Waals surface area contributed by atoms with Crippen molar-refractivity contribution in [3.8, 4) is 0 Å². The number of nitrogens with one attached hydrogen (secondary N) is 1. The quantitative estimate of drug-likeness (QED) is 0.605. The number of morpholine rings is 1. The average Bonchev–Trinajstić information content (AvgIpc) is 3.28. The van der Waals surface area contributed by atoms with Gasteiger partial charge in [0.15, 0.2) is 0 Å². The molecule has 2 fully saturated rings. The third kappa shape index (κ3) is 5.01. The van der Waals surface area contributed by atoms with Crippen LogP contribution in [-0.2, 0) is 33.6 Å². The van der Waals surface area contributed by atoms with Crippen LogP contribution in [0.2, 0.25) is 5.02 Å². The lowest BCUT2D eigenvalue weighted by molar-refractivity contribution is -0.137. The van der Waals surface area contributed by atoms with Gasteiger partial charge in [0.1, 0.15) is 5.54 Å². The van der Waals surface area contributed by atoms with Gasteiger partial charge in [-0.2, -0.15) is 13.2 Å². The van der Waals surface area contributed by atoms with Crippen LogP contribution in [0, 0.1) is 0 Å². The lowest BCUT2D eigenvalue weighted by atomic mass is 9.95. The number of imide groups is 1. The first-order chi connectivity index (χ1) is 16.0. The fourth-order valence-electron chi connectivity index (χ4n) is 4.52. The SMILES string of the molecule is C[C@]1(CCC(=O)N2Cc3cc(Cl)c(C(F)(F)F)cc3C2)NC(=O)N(CCN2CCOCC2)C1=O. The van der Waals surface area contributed by atoms with Crippen LogP contribution in [-0.4, -0.2) is 77.5 Å². The molecule has 0 spiro atoms. The Morgan fingerprint density at radius 2 is 1.79 bits per heavy atom. The number of amides is 4. The van der Waals surface area contributed by atoms with Crippen LogP contribution in [0.1, 0.15) is 36.5 Å². The van der Waals surface area contributed by atoms with Gasteiger partial charge in [-0.25, -0.2) is 4.79 Å². The van der Waals surface area contributed by atoms with Crippen LogP contribution in [0.25, 0.3) is 0 Å². The molecule has 0 unspecified atom stereocenters. The molecule has 0 aromatic heterocycles. The Kier molecular flexibility index (Phi) is 6.80. The van der Waals surface area contributed by atoms with Crippen molar-refractivity contribution in [1.29, 1.82) is 0 Å². The monoisotopic (exact) mass is 502 g/mol. The zero-order valence-electron chi connectivity index (χ0n) is 18.7. The lowest BCUT2D eigenvalue weighted by Crippen LogP contribution is -2.46. The van der Waals surface area contributed by atoms with Crippen LogP contribution in [0.15, 0.2) is 12.1 Å². The molecule has 0 bridgehead atoms. The van der Waals surface area contributed by atoms with Crippen molar-refractivity contribution in [2.45, 2.75) is 44.6 Å². The Morgan fingerprint density at radius 3 is 2.44 bits per heavy atom. The lowest BCUT2D eigenvalue weighted by Gasteiger charge is -2.28. The second kappa shape index (κ2) is 9.35. The second-order valence-electron chi connectivity index (χ2n) is 9.02. The van der Waals surface area contributed by atoms with E-state index in [0.29, 0.717) is 30.9 Å². The highest BCUT2D eigenvalue weighted by molar-refractivity contribution is 6.31. The molecule has 2 saturated heterocycles. The van der Waals surface area contributed by atoms with E-state index in [0.717, 1.165) is 19.2 Å². The maximum Gasteiger partial charge on any atom is 0.417 e. The first-order valence-corrected chi connectivity index (χ1v) is 11.5. The Hall–Kier alpha value is -2.37. The number of fused-ring (bicyclic) bond motifs is 1. The van der Waals surface area contributed by atoms with Gasteiger partial charge in [0.05, 0.1) is 23.8 Å². The predicted octanol–water partition coefficient (Wildman–Crippen LogP) is 2.62. The Bertz CT molecular complexity index is 999. The minimum absolute atomic E-state index is 0.0341. The number of benzene rings is 1. The molecule has 0 aliphatic carbocycles. The summed E-state index contributed by atoms with van der Waals surface area (Å²) in [7, 11) is 0.